The molecule has 2 N–H and O–H groups in total. The van der Waals surface area contributed by atoms with Gasteiger partial charge in [-0.15, -0.1) is 24.0 Å². The number of likely N-dealkylation sites (tertiary alicyclic amines) is 1. The minimum atomic E-state index is 0. The predicted molar refractivity (Wildman–Crippen MR) is 110 cm³/mol. The van der Waals surface area contributed by atoms with Crippen LogP contribution in [0.2, 0.25) is 0 Å². The molecule has 0 aromatic heterocycles. The average molecular weight is 451 g/mol. The highest BCUT2D eigenvalue weighted by molar-refractivity contribution is 14.0. The van der Waals surface area contributed by atoms with Crippen LogP contribution in [0, 0.1) is 0 Å². The van der Waals surface area contributed by atoms with Crippen molar-refractivity contribution < 1.29 is 4.79 Å². The van der Waals surface area contributed by atoms with Crippen molar-refractivity contribution in [1.82, 2.24) is 20.4 Å². The van der Waals surface area contributed by atoms with Crippen molar-refractivity contribution in [2.45, 2.75) is 64.1 Å². The molecule has 2 rings (SSSR count). The summed E-state index contributed by atoms with van der Waals surface area (Å²) in [7, 11) is 3.53. The maximum Gasteiger partial charge on any atom is 0.243 e. The van der Waals surface area contributed by atoms with E-state index in [0.29, 0.717) is 12.1 Å². The van der Waals surface area contributed by atoms with Gasteiger partial charge >= 0.3 is 0 Å². The maximum absolute atomic E-state index is 11.8. The molecule has 1 amide bonds. The molecule has 1 saturated heterocycles. The van der Waals surface area contributed by atoms with E-state index in [9.17, 15) is 4.79 Å². The molecule has 7 heteroatoms. The van der Waals surface area contributed by atoms with Gasteiger partial charge in [0.25, 0.3) is 0 Å². The Balaban J connectivity index is 0.00000288. The van der Waals surface area contributed by atoms with E-state index < -0.39 is 0 Å². The molecule has 0 aromatic carbocycles. The van der Waals surface area contributed by atoms with Gasteiger partial charge in [0.05, 0.1) is 0 Å². The molecule has 1 aliphatic carbocycles. The predicted octanol–water partition coefficient (Wildman–Crippen LogP) is 1.65. The maximum atomic E-state index is 11.8. The van der Waals surface area contributed by atoms with Crippen molar-refractivity contribution >= 4 is 35.8 Å². The quantitative estimate of drug-likeness (QED) is 0.367. The molecule has 1 saturated carbocycles. The summed E-state index contributed by atoms with van der Waals surface area (Å²) in [4.78, 5) is 20.5. The van der Waals surface area contributed by atoms with Gasteiger partial charge in [0.1, 0.15) is 6.54 Å². The van der Waals surface area contributed by atoms with Gasteiger partial charge in [-0.3, -0.25) is 4.79 Å². The summed E-state index contributed by atoms with van der Waals surface area (Å²) in [6.45, 7) is 6.83. The van der Waals surface area contributed by atoms with Crippen LogP contribution in [0.4, 0.5) is 0 Å². The van der Waals surface area contributed by atoms with Crippen LogP contribution in [0.15, 0.2) is 4.99 Å². The zero-order valence-electron chi connectivity index (χ0n) is 15.5. The van der Waals surface area contributed by atoms with E-state index in [-0.39, 0.29) is 36.4 Å². The van der Waals surface area contributed by atoms with Crippen LogP contribution in [0.3, 0.4) is 0 Å². The Kier molecular flexibility index (Phi) is 9.33. The van der Waals surface area contributed by atoms with Crippen LogP contribution in [0.1, 0.15) is 46.0 Å². The van der Waals surface area contributed by atoms with Gasteiger partial charge in [-0.25, -0.2) is 4.99 Å². The Morgan fingerprint density at radius 1 is 1.25 bits per heavy atom. The highest BCUT2D eigenvalue weighted by Crippen LogP contribution is 2.29. The molecular formula is C17H34IN5O. The van der Waals surface area contributed by atoms with E-state index in [4.69, 9.17) is 0 Å². The zero-order chi connectivity index (χ0) is 16.8. The summed E-state index contributed by atoms with van der Waals surface area (Å²) in [6, 6.07) is 1.66. The fraction of sp³-hybridized carbons (Fsp3) is 0.882. The molecule has 2 fully saturated rings. The van der Waals surface area contributed by atoms with Gasteiger partial charge in [0.2, 0.25) is 5.91 Å². The van der Waals surface area contributed by atoms with Crippen molar-refractivity contribution in [2.24, 2.45) is 4.99 Å². The number of hydrogen-bond acceptors (Lipinski definition) is 3. The summed E-state index contributed by atoms with van der Waals surface area (Å²) in [5.41, 5.74) is 0. The second-order valence-corrected chi connectivity index (χ2v) is 7.09. The van der Waals surface area contributed by atoms with Crippen LogP contribution in [-0.4, -0.2) is 73.5 Å². The molecule has 0 aromatic rings. The van der Waals surface area contributed by atoms with Crippen LogP contribution in [-0.2, 0) is 4.79 Å². The first-order chi connectivity index (χ1) is 11.0. The molecule has 140 valence electrons. The van der Waals surface area contributed by atoms with Crippen LogP contribution >= 0.6 is 24.0 Å². The third kappa shape index (κ3) is 7.13. The summed E-state index contributed by atoms with van der Waals surface area (Å²) < 4.78 is 0. The van der Waals surface area contributed by atoms with Crippen LogP contribution < -0.4 is 10.6 Å². The topological polar surface area (TPSA) is 60.0 Å². The second kappa shape index (κ2) is 10.4. The number of carbonyl (C=O) groups is 1. The first kappa shape index (κ1) is 21.5. The SMILES string of the molecule is CCC(C)NC(=NCC(=O)N(C)C)NC1CCN(C2CC2)CC1.I. The number of nitrogens with one attached hydrogen (secondary N) is 2. The third-order valence-corrected chi connectivity index (χ3v) is 4.80. The largest absolute Gasteiger partial charge is 0.354 e. The smallest absolute Gasteiger partial charge is 0.243 e. The summed E-state index contributed by atoms with van der Waals surface area (Å²) >= 11 is 0. The first-order valence-corrected chi connectivity index (χ1v) is 9.01. The molecular weight excluding hydrogens is 417 g/mol. The summed E-state index contributed by atoms with van der Waals surface area (Å²) in [5.74, 6) is 0.804. The van der Waals surface area contributed by atoms with Crippen LogP contribution in [0.5, 0.6) is 0 Å². The van der Waals surface area contributed by atoms with E-state index >= 15 is 0 Å². The second-order valence-electron chi connectivity index (χ2n) is 7.09. The molecule has 6 nitrogen and oxygen atoms in total. The van der Waals surface area contributed by atoms with Gasteiger partial charge in [-0.2, -0.15) is 0 Å². The standard InChI is InChI=1S/C17H33N5O.HI/c1-5-13(2)19-17(18-12-16(23)21(3)4)20-14-8-10-22(11-9-14)15-6-7-15;/h13-15H,5-12H2,1-4H3,(H2,18,19,20);1H. The normalized spacial score (nSPS) is 20.9. The fourth-order valence-electron chi connectivity index (χ4n) is 2.80. The number of nitrogens with zero attached hydrogens (tertiary/aromatic N) is 3. The Labute approximate surface area is 163 Å². The van der Waals surface area contributed by atoms with Crippen LogP contribution in [0.25, 0.3) is 0 Å². The van der Waals surface area contributed by atoms with E-state index in [2.05, 4.69) is 34.4 Å². The molecule has 24 heavy (non-hydrogen) atoms. The first-order valence-electron chi connectivity index (χ1n) is 9.01. The molecule has 0 radical (unpaired) electrons. The van der Waals surface area contributed by atoms with Gasteiger partial charge in [0, 0.05) is 45.3 Å². The Morgan fingerprint density at radius 2 is 1.88 bits per heavy atom. The highest BCUT2D eigenvalue weighted by atomic mass is 127. The minimum Gasteiger partial charge on any atom is -0.354 e. The molecule has 1 unspecified atom stereocenters. The number of rotatable bonds is 6. The number of likely N-dealkylation sites (N-methyl/N-ethyl adjacent to an activating group) is 1. The van der Waals surface area contributed by atoms with Crippen molar-refractivity contribution in [1.29, 1.82) is 0 Å². The monoisotopic (exact) mass is 451 g/mol. The lowest BCUT2D eigenvalue weighted by Crippen LogP contribution is -2.51. The minimum absolute atomic E-state index is 0. The van der Waals surface area contributed by atoms with Gasteiger partial charge in [-0.1, -0.05) is 6.92 Å². The number of piperidine rings is 1. The van der Waals surface area contributed by atoms with Crippen molar-refractivity contribution in [3.05, 3.63) is 0 Å². The van der Waals surface area contributed by atoms with Gasteiger partial charge in [0.15, 0.2) is 5.96 Å². The summed E-state index contributed by atoms with van der Waals surface area (Å²) in [5, 5.41) is 6.95. The lowest BCUT2D eigenvalue weighted by Gasteiger charge is -2.33. The number of aliphatic imine (C=N–C) groups is 1. The molecule has 1 heterocycles. The third-order valence-electron chi connectivity index (χ3n) is 4.80. The van der Waals surface area contributed by atoms with Gasteiger partial charge < -0.3 is 20.4 Å². The van der Waals surface area contributed by atoms with Crippen molar-refractivity contribution in [3.63, 3.8) is 0 Å². The lowest BCUT2D eigenvalue weighted by atomic mass is 10.1. The molecule has 0 spiro atoms. The van der Waals surface area contributed by atoms with Crippen molar-refractivity contribution in [3.8, 4) is 0 Å². The Hall–Kier alpha value is -0.570. The molecule has 1 atom stereocenters. The molecule has 2 aliphatic rings. The highest BCUT2D eigenvalue weighted by Gasteiger charge is 2.31. The van der Waals surface area contributed by atoms with E-state index in [1.165, 1.54) is 25.9 Å². The number of halogens is 1. The number of carbonyl (C=O) groups excluding carboxylic acids is 1. The molecule has 0 bridgehead atoms. The zero-order valence-corrected chi connectivity index (χ0v) is 17.9. The lowest BCUT2D eigenvalue weighted by molar-refractivity contribution is -0.127. The fourth-order valence-corrected chi connectivity index (χ4v) is 2.80. The Bertz CT molecular complexity index is 417. The summed E-state index contributed by atoms with van der Waals surface area (Å²) in [6.07, 6.45) is 6.10. The van der Waals surface area contributed by atoms with E-state index in [1.807, 2.05) is 0 Å². The van der Waals surface area contributed by atoms with E-state index in [0.717, 1.165) is 31.3 Å². The number of guanidine groups is 1. The number of amides is 1. The molecule has 1 aliphatic heterocycles. The van der Waals surface area contributed by atoms with E-state index in [1.54, 1.807) is 19.0 Å². The average Bonchev–Trinajstić information content (AvgIpc) is 3.37. The van der Waals surface area contributed by atoms with Crippen molar-refractivity contribution in [2.75, 3.05) is 33.7 Å². The number of hydrogen-bond donors (Lipinski definition) is 2. The Morgan fingerprint density at radius 3 is 2.38 bits per heavy atom. The van der Waals surface area contributed by atoms with Gasteiger partial charge in [-0.05, 0) is 39.0 Å².